The van der Waals surface area contributed by atoms with Crippen molar-refractivity contribution >= 4 is 11.9 Å². The smallest absolute Gasteiger partial charge is 0.335 e. The van der Waals surface area contributed by atoms with Crippen molar-refractivity contribution in [3.8, 4) is 23.0 Å². The Labute approximate surface area is 330 Å². The Morgan fingerprint density at radius 2 is 0.661 bits per heavy atom. The summed E-state index contributed by atoms with van der Waals surface area (Å²) >= 11 is 0. The third-order valence-electron chi connectivity index (χ3n) is 15.9. The zero-order valence-electron chi connectivity index (χ0n) is 33.3. The Morgan fingerprint density at radius 1 is 0.393 bits per heavy atom. The minimum atomic E-state index is -0.937. The molecule has 0 aliphatic heterocycles. The fourth-order valence-electron chi connectivity index (χ4n) is 16.5. The van der Waals surface area contributed by atoms with Crippen LogP contribution in [0.1, 0.15) is 137 Å². The summed E-state index contributed by atoms with van der Waals surface area (Å²) in [6, 6.07) is 31.2. The third-order valence-corrected chi connectivity index (χ3v) is 15.9. The highest BCUT2D eigenvalue weighted by Gasteiger charge is 2.76. The van der Waals surface area contributed by atoms with Gasteiger partial charge in [-0.25, -0.2) is 9.59 Å². The summed E-state index contributed by atoms with van der Waals surface area (Å²) in [4.78, 5) is 22.7. The molecule has 4 aromatic carbocycles. The molecule has 0 aromatic heterocycles. The topological polar surface area (TPSA) is 93.1 Å². The number of hydrogen-bond donors (Lipinski definition) is 2. The maximum Gasteiger partial charge on any atom is 0.335 e. The predicted octanol–water partition coefficient (Wildman–Crippen LogP) is 12.6. The van der Waals surface area contributed by atoms with E-state index in [1.165, 1.54) is 88.2 Å². The first-order valence-corrected chi connectivity index (χ1v) is 20.7. The summed E-state index contributed by atoms with van der Waals surface area (Å²) < 4.78 is 12.4. The van der Waals surface area contributed by atoms with Gasteiger partial charge in [0.25, 0.3) is 0 Å². The largest absolute Gasteiger partial charge is 0.478 e. The van der Waals surface area contributed by atoms with Crippen LogP contribution in [0.2, 0.25) is 0 Å². The molecule has 0 amide bonds. The molecule has 56 heavy (non-hydrogen) atoms. The maximum atomic E-state index is 11.4. The molecule has 4 unspecified atom stereocenters. The standard InChI is InChI=1S/C50H54O6/c1-43-21-44(2)24-47(23-43,35-9-17-39(18-10-35)55-37-13-5-33(6-14-37)41(51)52)31-49(27-43,28-44)50-29-45(3)22-46(4,30-50)26-48(25-45,32-50)36-11-19-40(20-12-36)56-38-15-7-34(8-16-38)42(53)54/h5-20H,21-32H2,1-4H3,(H,51,52)(H,53,54). The summed E-state index contributed by atoms with van der Waals surface area (Å²) in [6.07, 6.45) is 15.6. The van der Waals surface area contributed by atoms with E-state index < -0.39 is 11.9 Å². The Bertz CT molecular complexity index is 2040. The summed E-state index contributed by atoms with van der Waals surface area (Å²) in [5.74, 6) is 0.976. The molecule has 8 bridgehead atoms. The Kier molecular flexibility index (Phi) is 7.36. The van der Waals surface area contributed by atoms with Crippen LogP contribution in [-0.4, -0.2) is 22.2 Å². The average Bonchev–Trinajstić information content (AvgIpc) is 3.10. The molecule has 8 saturated carbocycles. The SMILES string of the molecule is CC12CC3(C)CC(c4ccc(Oc5ccc(C(=O)O)cc5)cc4)(C1)CC(C14CC5(C)CC(C)(CC(c6ccc(Oc7ccc(C(=O)O)cc7)cc6)(C5)C1)C4)(C2)C3. The van der Waals surface area contributed by atoms with E-state index in [-0.39, 0.29) is 32.8 Å². The maximum absolute atomic E-state index is 11.4. The lowest BCUT2D eigenvalue weighted by Crippen LogP contribution is -2.71. The van der Waals surface area contributed by atoms with E-state index in [2.05, 4.69) is 76.2 Å². The van der Waals surface area contributed by atoms with Crippen LogP contribution in [0.25, 0.3) is 0 Å². The van der Waals surface area contributed by atoms with E-state index >= 15 is 0 Å². The molecular formula is C50H54O6. The van der Waals surface area contributed by atoms with Crippen LogP contribution in [-0.2, 0) is 10.8 Å². The number of carbonyl (C=O) groups is 2. The Morgan fingerprint density at radius 3 is 0.929 bits per heavy atom. The summed E-state index contributed by atoms with van der Waals surface area (Å²) in [5, 5.41) is 18.6. The molecule has 0 radical (unpaired) electrons. The molecule has 0 spiro atoms. The van der Waals surface area contributed by atoms with Crippen molar-refractivity contribution in [2.24, 2.45) is 32.5 Å². The zero-order chi connectivity index (χ0) is 39.0. The first-order chi connectivity index (χ1) is 26.5. The molecule has 0 heterocycles. The minimum absolute atomic E-state index is 0.139. The first-order valence-electron chi connectivity index (χ1n) is 20.7. The van der Waals surface area contributed by atoms with Crippen LogP contribution in [0.4, 0.5) is 0 Å². The van der Waals surface area contributed by atoms with E-state index in [4.69, 9.17) is 9.47 Å². The molecule has 2 N–H and O–H groups in total. The molecule has 4 aromatic rings. The second-order valence-electron chi connectivity index (χ2n) is 21.4. The van der Waals surface area contributed by atoms with Gasteiger partial charge in [-0.2, -0.15) is 0 Å². The number of carboxylic acid groups (broad SMARTS) is 2. The van der Waals surface area contributed by atoms with Crippen molar-refractivity contribution in [2.75, 3.05) is 0 Å². The fourth-order valence-corrected chi connectivity index (χ4v) is 16.5. The van der Waals surface area contributed by atoms with Gasteiger partial charge >= 0.3 is 11.9 Å². The van der Waals surface area contributed by atoms with Gasteiger partial charge in [-0.05, 0) is 204 Å². The van der Waals surface area contributed by atoms with Crippen LogP contribution >= 0.6 is 0 Å². The quantitative estimate of drug-likeness (QED) is 0.177. The highest BCUT2D eigenvalue weighted by Crippen LogP contribution is 2.85. The van der Waals surface area contributed by atoms with Crippen molar-refractivity contribution in [3.05, 3.63) is 119 Å². The van der Waals surface area contributed by atoms with E-state index in [1.54, 1.807) is 48.5 Å². The molecule has 8 aliphatic rings. The van der Waals surface area contributed by atoms with Crippen molar-refractivity contribution in [3.63, 3.8) is 0 Å². The minimum Gasteiger partial charge on any atom is -0.478 e. The molecule has 8 aliphatic carbocycles. The lowest BCUT2D eigenvalue weighted by Gasteiger charge is -2.80. The molecule has 8 fully saturated rings. The number of carboxylic acids is 2. The number of benzene rings is 4. The number of aromatic carboxylic acids is 2. The Hall–Kier alpha value is -4.58. The van der Waals surface area contributed by atoms with Crippen LogP contribution in [0.3, 0.4) is 0 Å². The zero-order valence-corrected chi connectivity index (χ0v) is 33.3. The second kappa shape index (κ2) is 11.5. The second-order valence-corrected chi connectivity index (χ2v) is 21.4. The van der Waals surface area contributed by atoms with Gasteiger partial charge in [-0.3, -0.25) is 0 Å². The number of rotatable bonds is 9. The van der Waals surface area contributed by atoms with Gasteiger partial charge in [0, 0.05) is 0 Å². The van der Waals surface area contributed by atoms with Crippen LogP contribution in [0, 0.1) is 32.5 Å². The van der Waals surface area contributed by atoms with E-state index in [1.807, 2.05) is 0 Å². The van der Waals surface area contributed by atoms with Gasteiger partial charge in [0.05, 0.1) is 11.1 Å². The fraction of sp³-hybridized carbons (Fsp3) is 0.480. The molecule has 0 saturated heterocycles. The van der Waals surface area contributed by atoms with Gasteiger partial charge in [0.15, 0.2) is 0 Å². The normalized spacial score (nSPS) is 38.7. The lowest BCUT2D eigenvalue weighted by molar-refractivity contribution is -0.275. The summed E-state index contributed by atoms with van der Waals surface area (Å²) in [5.41, 5.74) is 5.53. The molecule has 290 valence electrons. The van der Waals surface area contributed by atoms with Crippen molar-refractivity contribution in [2.45, 2.75) is 116 Å². The third kappa shape index (κ3) is 5.56. The number of hydrogen-bond acceptors (Lipinski definition) is 4. The van der Waals surface area contributed by atoms with Gasteiger partial charge < -0.3 is 19.7 Å². The van der Waals surface area contributed by atoms with Gasteiger partial charge in [0.1, 0.15) is 23.0 Å². The van der Waals surface area contributed by atoms with Crippen molar-refractivity contribution in [1.82, 2.24) is 0 Å². The van der Waals surface area contributed by atoms with Crippen molar-refractivity contribution < 1.29 is 29.3 Å². The molecule has 6 nitrogen and oxygen atoms in total. The molecule has 6 heteroatoms. The monoisotopic (exact) mass is 750 g/mol. The Balaban J connectivity index is 0.976. The summed E-state index contributed by atoms with van der Waals surface area (Å²) in [6.45, 7) is 10.5. The van der Waals surface area contributed by atoms with Crippen LogP contribution < -0.4 is 9.47 Å². The molecular weight excluding hydrogens is 697 g/mol. The van der Waals surface area contributed by atoms with Gasteiger partial charge in [-0.1, -0.05) is 52.0 Å². The average molecular weight is 751 g/mol. The highest BCUT2D eigenvalue weighted by molar-refractivity contribution is 5.88. The number of ether oxygens (including phenoxy) is 2. The summed E-state index contributed by atoms with van der Waals surface area (Å²) in [7, 11) is 0. The first kappa shape index (κ1) is 35.8. The van der Waals surface area contributed by atoms with Crippen LogP contribution in [0.15, 0.2) is 97.1 Å². The van der Waals surface area contributed by atoms with Gasteiger partial charge in [0.2, 0.25) is 0 Å². The van der Waals surface area contributed by atoms with Gasteiger partial charge in [-0.15, -0.1) is 0 Å². The van der Waals surface area contributed by atoms with E-state index in [0.717, 1.165) is 11.5 Å². The molecule has 12 rings (SSSR count). The van der Waals surface area contributed by atoms with Crippen molar-refractivity contribution in [1.29, 1.82) is 0 Å². The van der Waals surface area contributed by atoms with E-state index in [0.29, 0.717) is 33.2 Å². The highest BCUT2D eigenvalue weighted by atomic mass is 16.5. The van der Waals surface area contributed by atoms with E-state index in [9.17, 15) is 19.8 Å². The molecule has 4 atom stereocenters. The lowest BCUT2D eigenvalue weighted by atomic mass is 9.24. The van der Waals surface area contributed by atoms with Crippen LogP contribution in [0.5, 0.6) is 23.0 Å². The predicted molar refractivity (Wildman–Crippen MR) is 216 cm³/mol.